The van der Waals surface area contributed by atoms with Crippen molar-refractivity contribution in [3.8, 4) is 0 Å². The summed E-state index contributed by atoms with van der Waals surface area (Å²) in [6.45, 7) is 0.883. The number of carboxylic acid groups (broad SMARTS) is 4. The van der Waals surface area contributed by atoms with Crippen molar-refractivity contribution in [3.63, 3.8) is 0 Å². The van der Waals surface area contributed by atoms with E-state index >= 15 is 0 Å². The summed E-state index contributed by atoms with van der Waals surface area (Å²) in [5.74, 6) is -5.63. The SMILES string of the molecule is O=C(O)CCC(NC(=O)NC(CCCCNC(=O)CCCCCCC(=O)NC(CCCCNC(c1ccccn1)c1ccccn1)C(=O)O)C(=O)O)C(=O)O. The number of hydrogen-bond donors (Lipinski definition) is 9. The zero-order valence-electron chi connectivity index (χ0n) is 30.8. The fourth-order valence-corrected chi connectivity index (χ4v) is 5.55. The minimum absolute atomic E-state index is 0.0186. The molecule has 4 amide bonds. The van der Waals surface area contributed by atoms with Crippen LogP contribution in [0, 0.1) is 0 Å². The zero-order chi connectivity index (χ0) is 40.4. The van der Waals surface area contributed by atoms with Crippen molar-refractivity contribution in [2.24, 2.45) is 0 Å². The number of amides is 4. The molecular formula is C37H53N7O11. The van der Waals surface area contributed by atoms with Gasteiger partial charge in [0.15, 0.2) is 0 Å². The monoisotopic (exact) mass is 771 g/mol. The fraction of sp³-hybridized carbons (Fsp3) is 0.541. The summed E-state index contributed by atoms with van der Waals surface area (Å²) in [5, 5.41) is 49.9. The molecule has 0 aromatic carbocycles. The normalized spacial score (nSPS) is 12.5. The molecule has 0 bridgehead atoms. The van der Waals surface area contributed by atoms with Crippen molar-refractivity contribution >= 4 is 41.7 Å². The van der Waals surface area contributed by atoms with Crippen LogP contribution in [-0.2, 0) is 28.8 Å². The van der Waals surface area contributed by atoms with E-state index in [1.165, 1.54) is 0 Å². The van der Waals surface area contributed by atoms with Crippen LogP contribution in [0.25, 0.3) is 0 Å². The van der Waals surface area contributed by atoms with Crippen LogP contribution in [0.15, 0.2) is 48.8 Å². The molecule has 0 saturated carbocycles. The van der Waals surface area contributed by atoms with Gasteiger partial charge in [0.2, 0.25) is 11.8 Å². The number of aromatic nitrogens is 2. The van der Waals surface area contributed by atoms with Gasteiger partial charge in [-0.2, -0.15) is 0 Å². The number of carbonyl (C=O) groups excluding carboxylic acids is 3. The van der Waals surface area contributed by atoms with Gasteiger partial charge in [-0.05, 0) is 88.6 Å². The first-order valence-corrected chi connectivity index (χ1v) is 18.5. The number of carboxylic acids is 4. The first-order valence-electron chi connectivity index (χ1n) is 18.5. The van der Waals surface area contributed by atoms with Crippen molar-refractivity contribution in [1.29, 1.82) is 0 Å². The second kappa shape index (κ2) is 26.2. The van der Waals surface area contributed by atoms with Crippen molar-refractivity contribution < 1.29 is 54.0 Å². The van der Waals surface area contributed by atoms with E-state index in [0.29, 0.717) is 57.9 Å². The highest BCUT2D eigenvalue weighted by Gasteiger charge is 2.25. The Morgan fingerprint density at radius 1 is 0.527 bits per heavy atom. The number of unbranched alkanes of at least 4 members (excludes halogenated alkanes) is 5. The van der Waals surface area contributed by atoms with E-state index < -0.39 is 54.5 Å². The standard InChI is InChI=1S/C37H53N7O11/c45-30(40-23-11-7-16-28(35(51)52)43-37(55)44-29(36(53)54)19-20-32(47)48)17-3-1-2-4-18-31(46)42-27(34(49)50)15-8-12-24-41-33(25-13-5-9-21-38-25)26-14-6-10-22-39-26/h5-6,9-10,13-14,21-22,27-29,33,41H,1-4,7-8,11-12,15-20,23-24H2,(H,40,45)(H,42,46)(H,47,48)(H,49,50)(H,51,52)(H,53,54)(H2,43,44,55). The van der Waals surface area contributed by atoms with Crippen LogP contribution in [0.1, 0.15) is 107 Å². The van der Waals surface area contributed by atoms with Gasteiger partial charge in [-0.15, -0.1) is 0 Å². The molecule has 0 aliphatic rings. The zero-order valence-corrected chi connectivity index (χ0v) is 30.8. The molecule has 0 fully saturated rings. The average molecular weight is 772 g/mol. The molecule has 3 atom stereocenters. The lowest BCUT2D eigenvalue weighted by Crippen LogP contribution is -2.51. The maximum absolute atomic E-state index is 12.4. The van der Waals surface area contributed by atoms with E-state index in [1.54, 1.807) is 12.4 Å². The Hall–Kier alpha value is -5.65. The van der Waals surface area contributed by atoms with E-state index in [4.69, 9.17) is 10.2 Å². The quantitative estimate of drug-likeness (QED) is 0.0538. The fourth-order valence-electron chi connectivity index (χ4n) is 5.55. The van der Waals surface area contributed by atoms with Crippen LogP contribution >= 0.6 is 0 Å². The molecule has 2 heterocycles. The summed E-state index contributed by atoms with van der Waals surface area (Å²) in [5.41, 5.74) is 1.65. The summed E-state index contributed by atoms with van der Waals surface area (Å²) in [7, 11) is 0. The van der Waals surface area contributed by atoms with Gasteiger partial charge < -0.3 is 47.0 Å². The van der Waals surface area contributed by atoms with E-state index in [2.05, 4.69) is 36.6 Å². The Morgan fingerprint density at radius 3 is 1.51 bits per heavy atom. The van der Waals surface area contributed by atoms with E-state index in [-0.39, 0.29) is 56.5 Å². The highest BCUT2D eigenvalue weighted by molar-refractivity contribution is 5.86. The number of pyridine rings is 2. The maximum atomic E-state index is 12.4. The molecule has 2 rings (SSSR count). The number of hydrogen-bond acceptors (Lipinski definition) is 10. The van der Waals surface area contributed by atoms with Gasteiger partial charge in [0.25, 0.3) is 0 Å². The van der Waals surface area contributed by atoms with Gasteiger partial charge in [0.05, 0.1) is 17.4 Å². The van der Waals surface area contributed by atoms with Gasteiger partial charge in [-0.1, -0.05) is 25.0 Å². The second-order valence-corrected chi connectivity index (χ2v) is 12.9. The van der Waals surface area contributed by atoms with Crippen molar-refractivity contribution in [1.82, 2.24) is 36.6 Å². The Morgan fingerprint density at radius 2 is 1.02 bits per heavy atom. The van der Waals surface area contributed by atoms with E-state index in [0.717, 1.165) is 11.4 Å². The molecule has 0 aliphatic carbocycles. The van der Waals surface area contributed by atoms with Gasteiger partial charge >= 0.3 is 29.9 Å². The third kappa shape index (κ3) is 19.8. The van der Waals surface area contributed by atoms with Crippen LogP contribution < -0.4 is 26.6 Å². The minimum Gasteiger partial charge on any atom is -0.481 e. The van der Waals surface area contributed by atoms with Gasteiger partial charge in [0, 0.05) is 38.2 Å². The molecule has 18 heteroatoms. The molecular weight excluding hydrogens is 718 g/mol. The van der Waals surface area contributed by atoms with Crippen molar-refractivity contribution in [2.75, 3.05) is 13.1 Å². The maximum Gasteiger partial charge on any atom is 0.326 e. The van der Waals surface area contributed by atoms with Gasteiger partial charge in [-0.25, -0.2) is 19.2 Å². The highest BCUT2D eigenvalue weighted by atomic mass is 16.4. The molecule has 302 valence electrons. The van der Waals surface area contributed by atoms with Crippen LogP contribution in [0.4, 0.5) is 4.79 Å². The highest BCUT2D eigenvalue weighted by Crippen LogP contribution is 2.18. The molecule has 2 aromatic heterocycles. The topological polar surface area (TPSA) is 286 Å². The van der Waals surface area contributed by atoms with E-state index in [9.17, 15) is 43.8 Å². The van der Waals surface area contributed by atoms with Crippen LogP contribution in [0.3, 0.4) is 0 Å². The predicted molar refractivity (Wildman–Crippen MR) is 198 cm³/mol. The Kier molecular flexibility index (Phi) is 21.7. The summed E-state index contributed by atoms with van der Waals surface area (Å²) >= 11 is 0. The first-order chi connectivity index (χ1) is 26.4. The molecule has 9 N–H and O–H groups in total. The minimum atomic E-state index is -1.50. The summed E-state index contributed by atoms with van der Waals surface area (Å²) in [4.78, 5) is 90.9. The average Bonchev–Trinajstić information content (AvgIpc) is 3.15. The summed E-state index contributed by atoms with van der Waals surface area (Å²) in [6.07, 6.45) is 7.85. The van der Waals surface area contributed by atoms with Crippen LogP contribution in [0.2, 0.25) is 0 Å². The predicted octanol–water partition coefficient (Wildman–Crippen LogP) is 2.59. The van der Waals surface area contributed by atoms with E-state index in [1.807, 2.05) is 36.4 Å². The largest absolute Gasteiger partial charge is 0.481 e. The third-order valence-electron chi connectivity index (χ3n) is 8.52. The smallest absolute Gasteiger partial charge is 0.326 e. The Bertz CT molecular complexity index is 1480. The molecule has 55 heavy (non-hydrogen) atoms. The molecule has 0 spiro atoms. The molecule has 0 radical (unpaired) electrons. The van der Waals surface area contributed by atoms with Crippen molar-refractivity contribution in [3.05, 3.63) is 60.2 Å². The molecule has 2 aromatic rings. The Balaban J connectivity index is 1.56. The van der Waals surface area contributed by atoms with Gasteiger partial charge in [0.1, 0.15) is 18.1 Å². The van der Waals surface area contributed by atoms with Crippen LogP contribution in [0.5, 0.6) is 0 Å². The van der Waals surface area contributed by atoms with Crippen molar-refractivity contribution in [2.45, 2.75) is 114 Å². The number of rotatable bonds is 29. The molecule has 0 saturated heterocycles. The lowest BCUT2D eigenvalue weighted by atomic mass is 10.1. The number of carbonyl (C=O) groups is 7. The number of nitrogens with zero attached hydrogens (tertiary/aromatic N) is 2. The van der Waals surface area contributed by atoms with Crippen LogP contribution in [-0.4, -0.2) is 103 Å². The lowest BCUT2D eigenvalue weighted by molar-refractivity contribution is -0.142. The first kappa shape index (κ1) is 45.5. The summed E-state index contributed by atoms with van der Waals surface area (Å²) < 4.78 is 0. The van der Waals surface area contributed by atoms with Gasteiger partial charge in [-0.3, -0.25) is 24.4 Å². The second-order valence-electron chi connectivity index (χ2n) is 12.9. The molecule has 3 unspecified atom stereocenters. The lowest BCUT2D eigenvalue weighted by Gasteiger charge is -2.18. The molecule has 18 nitrogen and oxygen atoms in total. The summed E-state index contributed by atoms with van der Waals surface area (Å²) in [6, 6.07) is 6.27. The third-order valence-corrected chi connectivity index (χ3v) is 8.52. The number of urea groups is 1. The number of nitrogens with one attached hydrogen (secondary N) is 5. The Labute approximate surface area is 319 Å². The number of aliphatic carboxylic acids is 4. The molecule has 0 aliphatic heterocycles.